The zero-order valence-corrected chi connectivity index (χ0v) is 11.2. The highest BCUT2D eigenvalue weighted by atomic mass is 32.2. The van der Waals surface area contributed by atoms with Crippen molar-refractivity contribution in [2.75, 3.05) is 32.2 Å². The Morgan fingerprint density at radius 3 is 2.94 bits per heavy atom. The quantitative estimate of drug-likeness (QED) is 0.214. The molecule has 0 aromatic carbocycles. The Labute approximate surface area is 106 Å². The summed E-state index contributed by atoms with van der Waals surface area (Å²) in [5.41, 5.74) is 8.11. The Bertz CT molecular complexity index is 257. The van der Waals surface area contributed by atoms with E-state index >= 15 is 0 Å². The van der Waals surface area contributed by atoms with Crippen LogP contribution in [0.2, 0.25) is 0 Å². The Morgan fingerprint density at radius 1 is 1.59 bits per heavy atom. The van der Waals surface area contributed by atoms with Crippen molar-refractivity contribution < 1.29 is 9.53 Å². The van der Waals surface area contributed by atoms with Crippen molar-refractivity contribution in [1.82, 2.24) is 5.32 Å². The van der Waals surface area contributed by atoms with Crippen LogP contribution in [-0.2, 0) is 9.53 Å². The lowest BCUT2D eigenvalue weighted by molar-refractivity contribution is -0.143. The van der Waals surface area contributed by atoms with Gasteiger partial charge in [-0.15, -0.1) is 0 Å². The van der Waals surface area contributed by atoms with Crippen LogP contribution in [0.4, 0.5) is 0 Å². The van der Waals surface area contributed by atoms with Crippen LogP contribution >= 0.6 is 11.8 Å². The number of carbonyl (C=O) groups is 1. The third kappa shape index (κ3) is 8.85. The Hall–Kier alpha value is -0.910. The van der Waals surface area contributed by atoms with Gasteiger partial charge in [-0.25, -0.2) is 0 Å². The number of thioether (sulfide) groups is 1. The molecule has 0 radical (unpaired) electrons. The van der Waals surface area contributed by atoms with E-state index in [0.29, 0.717) is 13.1 Å². The zero-order chi connectivity index (χ0) is 12.9. The van der Waals surface area contributed by atoms with Crippen molar-refractivity contribution in [3.8, 4) is 0 Å². The number of esters is 1. The van der Waals surface area contributed by atoms with Gasteiger partial charge in [0.2, 0.25) is 0 Å². The molecule has 0 aromatic rings. The van der Waals surface area contributed by atoms with Gasteiger partial charge in [-0.2, -0.15) is 11.8 Å². The summed E-state index contributed by atoms with van der Waals surface area (Å²) in [5.74, 6) is 0.809. The van der Waals surface area contributed by atoms with Crippen LogP contribution in [-0.4, -0.2) is 44.2 Å². The molecule has 0 saturated heterocycles. The first-order chi connectivity index (χ1) is 8.26. The highest BCUT2D eigenvalue weighted by Crippen LogP contribution is 2.04. The first kappa shape index (κ1) is 16.1. The lowest BCUT2D eigenvalue weighted by atomic mass is 10.1. The molecule has 0 heterocycles. The summed E-state index contributed by atoms with van der Waals surface area (Å²) in [7, 11) is 1.39. The van der Waals surface area contributed by atoms with E-state index < -0.39 is 0 Å². The van der Waals surface area contributed by atoms with Gasteiger partial charge in [0.1, 0.15) is 6.04 Å². The van der Waals surface area contributed by atoms with Crippen molar-refractivity contribution in [2.45, 2.75) is 25.3 Å². The number of hydrogen-bond acceptors (Lipinski definition) is 5. The van der Waals surface area contributed by atoms with Crippen molar-refractivity contribution in [3.05, 3.63) is 10.4 Å². The lowest BCUT2D eigenvalue weighted by Crippen LogP contribution is -2.38. The molecular formula is C10H20N4O2S. The number of azide groups is 1. The molecule has 0 saturated carbocycles. The topological polar surface area (TPSA) is 87.1 Å². The normalized spacial score (nSPS) is 11.6. The minimum Gasteiger partial charge on any atom is -0.468 e. The standard InChI is InChI=1S/C10H20N4O2S/c1-16-10(15)9(5-3-8-17-2)12-6-4-7-13-14-11/h9,12H,3-8H2,1-2H3. The van der Waals surface area contributed by atoms with E-state index in [1.165, 1.54) is 7.11 Å². The predicted octanol–water partition coefficient (Wildman–Crippen LogP) is 1.96. The Balaban J connectivity index is 3.84. The monoisotopic (exact) mass is 260 g/mol. The fraction of sp³-hybridized carbons (Fsp3) is 0.900. The van der Waals surface area contributed by atoms with E-state index in [2.05, 4.69) is 15.3 Å². The maximum Gasteiger partial charge on any atom is 0.322 e. The highest BCUT2D eigenvalue weighted by Gasteiger charge is 2.17. The van der Waals surface area contributed by atoms with Gasteiger partial charge in [-0.3, -0.25) is 4.79 Å². The molecule has 0 aliphatic carbocycles. The first-order valence-electron chi connectivity index (χ1n) is 5.57. The number of methoxy groups -OCH3 is 1. The van der Waals surface area contributed by atoms with Crippen LogP contribution in [0.5, 0.6) is 0 Å². The van der Waals surface area contributed by atoms with Crippen LogP contribution in [0.15, 0.2) is 5.11 Å². The maximum absolute atomic E-state index is 11.5. The van der Waals surface area contributed by atoms with Crippen molar-refractivity contribution in [3.63, 3.8) is 0 Å². The molecule has 0 aromatic heterocycles. The van der Waals surface area contributed by atoms with E-state index in [4.69, 9.17) is 10.3 Å². The van der Waals surface area contributed by atoms with Gasteiger partial charge in [0.05, 0.1) is 7.11 Å². The third-order valence-corrected chi connectivity index (χ3v) is 2.91. The van der Waals surface area contributed by atoms with Crippen molar-refractivity contribution in [2.24, 2.45) is 5.11 Å². The molecule has 0 aliphatic heterocycles. The van der Waals surface area contributed by atoms with Crippen molar-refractivity contribution >= 4 is 17.7 Å². The second-order valence-corrected chi connectivity index (χ2v) is 4.46. The van der Waals surface area contributed by atoms with Gasteiger partial charge in [-0.1, -0.05) is 5.11 Å². The van der Waals surface area contributed by atoms with Crippen LogP contribution < -0.4 is 5.32 Å². The van der Waals surface area contributed by atoms with Gasteiger partial charge in [0.15, 0.2) is 0 Å². The molecule has 0 bridgehead atoms. The fourth-order valence-corrected chi connectivity index (χ4v) is 1.80. The zero-order valence-electron chi connectivity index (χ0n) is 10.4. The summed E-state index contributed by atoms with van der Waals surface area (Å²) in [6.45, 7) is 1.10. The molecule has 7 heteroatoms. The van der Waals surface area contributed by atoms with Crippen LogP contribution in [0.1, 0.15) is 19.3 Å². The van der Waals surface area contributed by atoms with Crippen molar-refractivity contribution in [1.29, 1.82) is 0 Å². The Morgan fingerprint density at radius 2 is 2.35 bits per heavy atom. The van der Waals surface area contributed by atoms with Crippen LogP contribution in [0, 0.1) is 0 Å². The molecule has 0 spiro atoms. The summed E-state index contributed by atoms with van der Waals surface area (Å²) >= 11 is 1.76. The SMILES string of the molecule is COC(=O)C(CCCSC)NCCCN=[N+]=[N-]. The fourth-order valence-electron chi connectivity index (χ4n) is 1.35. The second-order valence-electron chi connectivity index (χ2n) is 3.47. The molecule has 17 heavy (non-hydrogen) atoms. The van der Waals surface area contributed by atoms with Gasteiger partial charge < -0.3 is 10.1 Å². The molecule has 0 rings (SSSR count). The van der Waals surface area contributed by atoms with E-state index in [1.54, 1.807) is 11.8 Å². The van der Waals surface area contributed by atoms with Crippen LogP contribution in [0.25, 0.3) is 10.4 Å². The van der Waals surface area contributed by atoms with E-state index in [1.807, 2.05) is 6.26 Å². The summed E-state index contributed by atoms with van der Waals surface area (Å²) in [6.07, 6.45) is 4.51. The minimum absolute atomic E-state index is 0.227. The average Bonchev–Trinajstić information content (AvgIpc) is 2.35. The summed E-state index contributed by atoms with van der Waals surface area (Å²) < 4.78 is 4.73. The summed E-state index contributed by atoms with van der Waals surface area (Å²) in [6, 6.07) is -0.252. The Kier molecular flexibility index (Phi) is 11.0. The molecule has 1 atom stereocenters. The third-order valence-electron chi connectivity index (χ3n) is 2.22. The molecule has 6 nitrogen and oxygen atoms in total. The van der Waals surface area contributed by atoms with Crippen LogP contribution in [0.3, 0.4) is 0 Å². The molecule has 1 N–H and O–H groups in total. The highest BCUT2D eigenvalue weighted by molar-refractivity contribution is 7.98. The lowest BCUT2D eigenvalue weighted by Gasteiger charge is -2.15. The number of hydrogen-bond donors (Lipinski definition) is 1. The smallest absolute Gasteiger partial charge is 0.322 e. The number of nitrogens with one attached hydrogen (secondary N) is 1. The predicted molar refractivity (Wildman–Crippen MR) is 70.1 cm³/mol. The molecular weight excluding hydrogens is 240 g/mol. The van der Waals surface area contributed by atoms with Gasteiger partial charge in [-0.05, 0) is 43.3 Å². The van der Waals surface area contributed by atoms with Gasteiger partial charge >= 0.3 is 5.97 Å². The average molecular weight is 260 g/mol. The van der Waals surface area contributed by atoms with Gasteiger partial charge in [0.25, 0.3) is 0 Å². The molecule has 0 amide bonds. The minimum atomic E-state index is -0.252. The van der Waals surface area contributed by atoms with Gasteiger partial charge in [0, 0.05) is 11.5 Å². The summed E-state index contributed by atoms with van der Waals surface area (Å²) in [4.78, 5) is 14.1. The van der Waals surface area contributed by atoms with E-state index in [9.17, 15) is 4.79 Å². The first-order valence-corrected chi connectivity index (χ1v) is 6.96. The number of nitrogens with zero attached hydrogens (tertiary/aromatic N) is 3. The number of rotatable bonds is 10. The van der Waals surface area contributed by atoms with E-state index in [0.717, 1.165) is 25.0 Å². The molecule has 1 unspecified atom stereocenters. The molecule has 0 fully saturated rings. The number of carbonyl (C=O) groups excluding carboxylic acids is 1. The summed E-state index contributed by atoms with van der Waals surface area (Å²) in [5, 5.41) is 6.55. The molecule has 98 valence electrons. The molecule has 0 aliphatic rings. The largest absolute Gasteiger partial charge is 0.468 e. The number of ether oxygens (including phenoxy) is 1. The van der Waals surface area contributed by atoms with E-state index in [-0.39, 0.29) is 12.0 Å². The second kappa shape index (κ2) is 11.6. The maximum atomic E-state index is 11.5.